The SMILES string of the molecule is C=CC1(C(CBr)C(=O)C(CBr)C2(C=C)Cc3ccccc3C2)Cc2ccccc2C1. The lowest BCUT2D eigenvalue weighted by molar-refractivity contribution is -0.131. The number of fused-ring (bicyclic) bond motifs is 2. The molecule has 2 aromatic carbocycles. The first-order valence-electron chi connectivity index (χ1n) is 10.6. The molecule has 2 unspecified atom stereocenters. The van der Waals surface area contributed by atoms with E-state index in [9.17, 15) is 4.79 Å². The number of carbonyl (C=O) groups excluding carboxylic acids is 1. The van der Waals surface area contributed by atoms with E-state index >= 15 is 0 Å². The van der Waals surface area contributed by atoms with Gasteiger partial charge in [0.15, 0.2) is 0 Å². The van der Waals surface area contributed by atoms with Crippen LogP contribution in [-0.4, -0.2) is 16.4 Å². The molecular weight excluding hydrogens is 500 g/mol. The van der Waals surface area contributed by atoms with Crippen LogP contribution in [0.4, 0.5) is 0 Å². The van der Waals surface area contributed by atoms with Gasteiger partial charge in [-0.05, 0) is 47.9 Å². The minimum absolute atomic E-state index is 0.120. The summed E-state index contributed by atoms with van der Waals surface area (Å²) in [4.78, 5) is 14.2. The third-order valence-electron chi connectivity index (χ3n) is 7.51. The molecule has 2 aliphatic rings. The van der Waals surface area contributed by atoms with Crippen molar-refractivity contribution in [2.75, 3.05) is 10.7 Å². The largest absolute Gasteiger partial charge is 0.299 e. The van der Waals surface area contributed by atoms with Crippen molar-refractivity contribution in [1.82, 2.24) is 0 Å². The Kier molecular flexibility index (Phi) is 6.23. The van der Waals surface area contributed by atoms with Gasteiger partial charge in [0.2, 0.25) is 0 Å². The summed E-state index contributed by atoms with van der Waals surface area (Å²) < 4.78 is 0. The smallest absolute Gasteiger partial charge is 0.142 e. The number of ketones is 1. The Morgan fingerprint density at radius 2 is 1.07 bits per heavy atom. The Labute approximate surface area is 196 Å². The Balaban J connectivity index is 1.67. The topological polar surface area (TPSA) is 17.1 Å². The zero-order valence-corrected chi connectivity index (χ0v) is 20.4. The fraction of sp³-hybridized carbons (Fsp3) is 0.370. The second-order valence-corrected chi connectivity index (χ2v) is 10.2. The van der Waals surface area contributed by atoms with Gasteiger partial charge in [-0.3, -0.25) is 4.79 Å². The van der Waals surface area contributed by atoms with Crippen molar-refractivity contribution in [2.45, 2.75) is 25.7 Å². The van der Waals surface area contributed by atoms with Gasteiger partial charge in [-0.1, -0.05) is 92.5 Å². The van der Waals surface area contributed by atoms with E-state index in [1.54, 1.807) is 0 Å². The van der Waals surface area contributed by atoms with Gasteiger partial charge in [0, 0.05) is 33.3 Å². The van der Waals surface area contributed by atoms with Crippen LogP contribution < -0.4 is 0 Å². The van der Waals surface area contributed by atoms with Crippen molar-refractivity contribution in [3.63, 3.8) is 0 Å². The van der Waals surface area contributed by atoms with Crippen molar-refractivity contribution in [3.05, 3.63) is 96.1 Å². The molecule has 0 spiro atoms. The molecule has 2 aromatic rings. The van der Waals surface area contributed by atoms with Crippen LogP contribution in [0.5, 0.6) is 0 Å². The highest BCUT2D eigenvalue weighted by Gasteiger charge is 2.51. The van der Waals surface area contributed by atoms with E-state index in [2.05, 4.69) is 93.5 Å². The standard InChI is InChI=1S/C27H28Br2O/c1-3-26(13-19-9-5-6-10-20(19)14-26)23(17-28)25(30)24(18-29)27(4-2)15-21-11-7-8-12-22(21)16-27/h3-12,23-24H,1-2,13-18H2. The van der Waals surface area contributed by atoms with E-state index in [0.717, 1.165) is 25.7 Å². The number of halogens is 2. The molecule has 156 valence electrons. The maximum absolute atomic E-state index is 14.2. The van der Waals surface area contributed by atoms with Crippen LogP contribution in [0.2, 0.25) is 0 Å². The predicted molar refractivity (Wildman–Crippen MR) is 133 cm³/mol. The first kappa shape index (κ1) is 21.8. The molecule has 0 amide bonds. The van der Waals surface area contributed by atoms with E-state index in [4.69, 9.17) is 0 Å². The van der Waals surface area contributed by atoms with Gasteiger partial charge in [0.25, 0.3) is 0 Å². The van der Waals surface area contributed by atoms with E-state index in [0.29, 0.717) is 16.4 Å². The van der Waals surface area contributed by atoms with Gasteiger partial charge in [0.05, 0.1) is 0 Å². The summed E-state index contributed by atoms with van der Waals surface area (Å²) in [5, 5.41) is 1.30. The van der Waals surface area contributed by atoms with E-state index in [1.165, 1.54) is 22.3 Å². The Hall–Kier alpha value is -1.45. The summed E-state index contributed by atoms with van der Waals surface area (Å²) >= 11 is 7.42. The van der Waals surface area contributed by atoms with E-state index in [-0.39, 0.29) is 22.7 Å². The number of carbonyl (C=O) groups is 1. The molecule has 0 N–H and O–H groups in total. The van der Waals surface area contributed by atoms with Crippen molar-refractivity contribution in [2.24, 2.45) is 22.7 Å². The molecule has 3 heteroatoms. The molecule has 2 aliphatic carbocycles. The molecule has 1 nitrogen and oxygen atoms in total. The molecular formula is C27H28Br2O. The number of rotatable bonds is 8. The number of allylic oxidation sites excluding steroid dienone is 2. The third-order valence-corrected chi connectivity index (χ3v) is 8.81. The van der Waals surface area contributed by atoms with Gasteiger partial charge in [-0.25, -0.2) is 0 Å². The average molecular weight is 528 g/mol. The molecule has 0 heterocycles. The van der Waals surface area contributed by atoms with Crippen molar-refractivity contribution >= 4 is 37.6 Å². The number of hydrogen-bond donors (Lipinski definition) is 0. The lowest BCUT2D eigenvalue weighted by Crippen LogP contribution is -2.45. The molecule has 30 heavy (non-hydrogen) atoms. The Morgan fingerprint density at radius 3 is 1.30 bits per heavy atom. The molecule has 0 saturated carbocycles. The van der Waals surface area contributed by atoms with Crippen LogP contribution in [-0.2, 0) is 30.5 Å². The minimum Gasteiger partial charge on any atom is -0.299 e. The highest BCUT2D eigenvalue weighted by atomic mass is 79.9. The van der Waals surface area contributed by atoms with Gasteiger partial charge < -0.3 is 0 Å². The summed E-state index contributed by atoms with van der Waals surface area (Å²) in [6.07, 6.45) is 7.62. The highest BCUT2D eigenvalue weighted by Crippen LogP contribution is 2.50. The summed E-state index contributed by atoms with van der Waals surface area (Å²) in [6, 6.07) is 17.1. The zero-order valence-electron chi connectivity index (χ0n) is 17.2. The monoisotopic (exact) mass is 526 g/mol. The van der Waals surface area contributed by atoms with Crippen LogP contribution in [0.15, 0.2) is 73.8 Å². The number of alkyl halides is 2. The maximum atomic E-state index is 14.2. The number of Topliss-reactive ketones (excluding diaryl/α,β-unsaturated/α-hetero) is 1. The van der Waals surface area contributed by atoms with Crippen molar-refractivity contribution in [3.8, 4) is 0 Å². The molecule has 0 fully saturated rings. The normalized spacial score (nSPS) is 20.1. The molecule has 0 bridgehead atoms. The molecule has 2 atom stereocenters. The van der Waals surface area contributed by atoms with Crippen LogP contribution >= 0.6 is 31.9 Å². The fourth-order valence-corrected chi connectivity index (χ4v) is 7.61. The van der Waals surface area contributed by atoms with Crippen LogP contribution in [0.1, 0.15) is 22.3 Å². The molecule has 0 radical (unpaired) electrons. The second kappa shape index (κ2) is 8.59. The van der Waals surface area contributed by atoms with Gasteiger partial charge in [-0.15, -0.1) is 13.2 Å². The van der Waals surface area contributed by atoms with Crippen LogP contribution in [0.3, 0.4) is 0 Å². The summed E-state index contributed by atoms with van der Waals surface area (Å²) in [5.41, 5.74) is 4.91. The minimum atomic E-state index is -0.238. The van der Waals surface area contributed by atoms with E-state index in [1.807, 2.05) is 12.2 Å². The van der Waals surface area contributed by atoms with Crippen molar-refractivity contribution in [1.29, 1.82) is 0 Å². The number of hydrogen-bond acceptors (Lipinski definition) is 1. The summed E-state index contributed by atoms with van der Waals surface area (Å²) in [7, 11) is 0. The van der Waals surface area contributed by atoms with Crippen molar-refractivity contribution < 1.29 is 4.79 Å². The molecule has 0 aliphatic heterocycles. The molecule has 0 aromatic heterocycles. The number of benzene rings is 2. The average Bonchev–Trinajstić information content (AvgIpc) is 3.34. The fourth-order valence-electron chi connectivity index (χ4n) is 5.68. The predicted octanol–water partition coefficient (Wildman–Crippen LogP) is 6.52. The van der Waals surface area contributed by atoms with Gasteiger partial charge >= 0.3 is 0 Å². The maximum Gasteiger partial charge on any atom is 0.142 e. The van der Waals surface area contributed by atoms with Gasteiger partial charge in [-0.2, -0.15) is 0 Å². The third kappa shape index (κ3) is 3.48. The van der Waals surface area contributed by atoms with Crippen LogP contribution in [0.25, 0.3) is 0 Å². The lowest BCUT2D eigenvalue weighted by atomic mass is 9.64. The quantitative estimate of drug-likeness (QED) is 0.282. The summed E-state index contributed by atoms with van der Waals surface area (Å²) in [5.74, 6) is 0.0835. The lowest BCUT2D eigenvalue weighted by Gasteiger charge is -2.40. The second-order valence-electron chi connectivity index (χ2n) is 8.94. The Bertz CT molecular complexity index is 849. The van der Waals surface area contributed by atoms with Crippen LogP contribution in [0, 0.1) is 22.7 Å². The highest BCUT2D eigenvalue weighted by molar-refractivity contribution is 9.09. The molecule has 0 saturated heterocycles. The Morgan fingerprint density at radius 1 is 0.767 bits per heavy atom. The zero-order chi connectivity index (χ0) is 21.4. The first-order chi connectivity index (χ1) is 14.5. The molecule has 4 rings (SSSR count). The van der Waals surface area contributed by atoms with Gasteiger partial charge in [0.1, 0.15) is 5.78 Å². The van der Waals surface area contributed by atoms with E-state index < -0.39 is 0 Å². The first-order valence-corrected chi connectivity index (χ1v) is 12.8. The summed E-state index contributed by atoms with van der Waals surface area (Å²) in [6.45, 7) is 8.39.